The van der Waals surface area contributed by atoms with Gasteiger partial charge in [0, 0.05) is 49.0 Å². The van der Waals surface area contributed by atoms with Crippen LogP contribution in [0.25, 0.3) is 0 Å². The molecule has 2 aromatic rings. The number of carbonyl (C=O) groups is 2. The number of hydrogen-bond donors (Lipinski definition) is 1. The molecular formula is C25H33N3O2. The fraction of sp³-hybridized carbons (Fsp3) is 0.440. The van der Waals surface area contributed by atoms with E-state index in [9.17, 15) is 9.59 Å². The van der Waals surface area contributed by atoms with E-state index in [4.69, 9.17) is 0 Å². The normalized spacial score (nSPS) is 14.1. The fourth-order valence-corrected chi connectivity index (χ4v) is 3.93. The van der Waals surface area contributed by atoms with E-state index in [0.717, 1.165) is 56.8 Å². The topological polar surface area (TPSA) is 52.7 Å². The van der Waals surface area contributed by atoms with E-state index in [-0.39, 0.29) is 11.8 Å². The van der Waals surface area contributed by atoms with E-state index in [1.807, 2.05) is 53.4 Å². The Bertz CT molecular complexity index is 834. The minimum Gasteiger partial charge on any atom is -0.368 e. The van der Waals surface area contributed by atoms with Gasteiger partial charge in [0.2, 0.25) is 5.91 Å². The number of benzene rings is 2. The Balaban J connectivity index is 1.54. The molecule has 1 saturated heterocycles. The Morgan fingerprint density at radius 3 is 2.00 bits per heavy atom. The first-order valence-corrected chi connectivity index (χ1v) is 11.1. The van der Waals surface area contributed by atoms with Crippen LogP contribution >= 0.6 is 0 Å². The fourth-order valence-electron chi connectivity index (χ4n) is 3.93. The van der Waals surface area contributed by atoms with E-state index >= 15 is 0 Å². The molecule has 0 saturated carbocycles. The SMILES string of the molecule is CCc1ccc(C(=O)Nc2ccc(N3CCN(C(=O)C(CC)CC)CC3)cc2)cc1. The smallest absolute Gasteiger partial charge is 0.255 e. The van der Waals surface area contributed by atoms with E-state index in [1.165, 1.54) is 5.56 Å². The maximum absolute atomic E-state index is 12.6. The third kappa shape index (κ3) is 5.21. The summed E-state index contributed by atoms with van der Waals surface area (Å²) in [6.45, 7) is 9.47. The summed E-state index contributed by atoms with van der Waals surface area (Å²) in [7, 11) is 0. The Morgan fingerprint density at radius 1 is 0.867 bits per heavy atom. The number of nitrogens with zero attached hydrogens (tertiary/aromatic N) is 2. The van der Waals surface area contributed by atoms with Crippen molar-refractivity contribution in [2.24, 2.45) is 5.92 Å². The number of piperazine rings is 1. The maximum Gasteiger partial charge on any atom is 0.255 e. The van der Waals surface area contributed by atoms with Crippen molar-refractivity contribution < 1.29 is 9.59 Å². The molecule has 0 atom stereocenters. The van der Waals surface area contributed by atoms with Crippen molar-refractivity contribution >= 4 is 23.2 Å². The second kappa shape index (κ2) is 10.3. The number of amides is 2. The van der Waals surface area contributed by atoms with Crippen LogP contribution in [0.2, 0.25) is 0 Å². The Hall–Kier alpha value is -2.82. The first-order valence-electron chi connectivity index (χ1n) is 11.1. The lowest BCUT2D eigenvalue weighted by Crippen LogP contribution is -2.50. The van der Waals surface area contributed by atoms with Crippen molar-refractivity contribution in [1.82, 2.24) is 4.90 Å². The van der Waals surface area contributed by atoms with Gasteiger partial charge in [-0.2, -0.15) is 0 Å². The monoisotopic (exact) mass is 407 g/mol. The summed E-state index contributed by atoms with van der Waals surface area (Å²) in [6.07, 6.45) is 2.78. The predicted octanol–water partition coefficient (Wildman–Crippen LogP) is 4.59. The molecule has 2 aromatic carbocycles. The van der Waals surface area contributed by atoms with Gasteiger partial charge in [0.15, 0.2) is 0 Å². The van der Waals surface area contributed by atoms with Crippen LogP contribution in [-0.2, 0) is 11.2 Å². The van der Waals surface area contributed by atoms with Crippen molar-refractivity contribution in [3.05, 3.63) is 59.7 Å². The summed E-state index contributed by atoms with van der Waals surface area (Å²) in [5.41, 5.74) is 3.79. The maximum atomic E-state index is 12.6. The summed E-state index contributed by atoms with van der Waals surface area (Å²) in [5.74, 6) is 0.348. The van der Waals surface area contributed by atoms with Crippen LogP contribution in [0.5, 0.6) is 0 Å². The van der Waals surface area contributed by atoms with Crippen LogP contribution in [0, 0.1) is 5.92 Å². The molecule has 2 amide bonds. The van der Waals surface area contributed by atoms with Gasteiger partial charge in [-0.15, -0.1) is 0 Å². The molecule has 1 aliphatic heterocycles. The molecule has 1 N–H and O–H groups in total. The molecule has 0 aromatic heterocycles. The minimum absolute atomic E-state index is 0.0982. The second-order valence-corrected chi connectivity index (χ2v) is 7.88. The van der Waals surface area contributed by atoms with Gasteiger partial charge in [0.05, 0.1) is 0 Å². The zero-order valence-corrected chi connectivity index (χ0v) is 18.4. The standard InChI is InChI=1S/C25H33N3O2/c1-4-19-7-9-21(10-8-19)24(29)26-22-11-13-23(14-12-22)27-15-17-28(18-16-27)25(30)20(5-2)6-3/h7-14,20H,4-6,15-18H2,1-3H3,(H,26,29). The number of rotatable bonds is 7. The van der Waals surface area contributed by atoms with Gasteiger partial charge < -0.3 is 15.1 Å². The largest absolute Gasteiger partial charge is 0.368 e. The summed E-state index contributed by atoms with van der Waals surface area (Å²) < 4.78 is 0. The molecule has 1 fully saturated rings. The number of carbonyl (C=O) groups excluding carboxylic acids is 2. The molecule has 0 aliphatic carbocycles. The average molecular weight is 408 g/mol. The lowest BCUT2D eigenvalue weighted by Gasteiger charge is -2.37. The third-order valence-corrected chi connectivity index (χ3v) is 6.04. The van der Waals surface area contributed by atoms with Crippen molar-refractivity contribution in [1.29, 1.82) is 0 Å². The first kappa shape index (κ1) is 21.9. The highest BCUT2D eigenvalue weighted by Gasteiger charge is 2.25. The molecular weight excluding hydrogens is 374 g/mol. The van der Waals surface area contributed by atoms with Crippen LogP contribution in [0.4, 0.5) is 11.4 Å². The van der Waals surface area contributed by atoms with E-state index in [1.54, 1.807) is 0 Å². The van der Waals surface area contributed by atoms with Crippen molar-refractivity contribution in [2.75, 3.05) is 36.4 Å². The Morgan fingerprint density at radius 2 is 1.47 bits per heavy atom. The van der Waals surface area contributed by atoms with Crippen LogP contribution in [-0.4, -0.2) is 42.9 Å². The lowest BCUT2D eigenvalue weighted by molar-refractivity contribution is -0.136. The molecule has 5 nitrogen and oxygen atoms in total. The van der Waals surface area contributed by atoms with Gasteiger partial charge in [0.25, 0.3) is 5.91 Å². The van der Waals surface area contributed by atoms with Gasteiger partial charge in [-0.05, 0) is 61.2 Å². The number of hydrogen-bond acceptors (Lipinski definition) is 3. The lowest BCUT2D eigenvalue weighted by atomic mass is 10.0. The van der Waals surface area contributed by atoms with Gasteiger partial charge in [-0.1, -0.05) is 32.9 Å². The highest BCUT2D eigenvalue weighted by Crippen LogP contribution is 2.21. The van der Waals surface area contributed by atoms with E-state index in [2.05, 4.69) is 31.0 Å². The predicted molar refractivity (Wildman–Crippen MR) is 123 cm³/mol. The number of aryl methyl sites for hydroxylation is 1. The second-order valence-electron chi connectivity index (χ2n) is 7.88. The summed E-state index contributed by atoms with van der Waals surface area (Å²) in [5, 5.41) is 2.96. The van der Waals surface area contributed by atoms with Crippen LogP contribution in [0.1, 0.15) is 49.5 Å². The molecule has 0 unspecified atom stereocenters. The van der Waals surface area contributed by atoms with E-state index in [0.29, 0.717) is 11.5 Å². The zero-order chi connectivity index (χ0) is 21.5. The summed E-state index contributed by atoms with van der Waals surface area (Å²) in [6, 6.07) is 15.7. The highest BCUT2D eigenvalue weighted by molar-refractivity contribution is 6.04. The molecule has 0 bridgehead atoms. The Labute approximate surface area is 180 Å². The Kier molecular flexibility index (Phi) is 7.50. The van der Waals surface area contributed by atoms with Gasteiger partial charge >= 0.3 is 0 Å². The van der Waals surface area contributed by atoms with Crippen LogP contribution in [0.15, 0.2) is 48.5 Å². The molecule has 0 spiro atoms. The van der Waals surface area contributed by atoms with Gasteiger partial charge in [0.1, 0.15) is 0 Å². The molecule has 1 aliphatic rings. The van der Waals surface area contributed by atoms with Crippen molar-refractivity contribution in [2.45, 2.75) is 40.0 Å². The minimum atomic E-state index is -0.0982. The van der Waals surface area contributed by atoms with Crippen LogP contribution < -0.4 is 10.2 Å². The molecule has 1 heterocycles. The third-order valence-electron chi connectivity index (χ3n) is 6.04. The quantitative estimate of drug-likeness (QED) is 0.731. The van der Waals surface area contributed by atoms with Gasteiger partial charge in [-0.25, -0.2) is 0 Å². The molecule has 30 heavy (non-hydrogen) atoms. The molecule has 3 rings (SSSR count). The summed E-state index contributed by atoms with van der Waals surface area (Å²) >= 11 is 0. The van der Waals surface area contributed by atoms with Crippen molar-refractivity contribution in [3.8, 4) is 0 Å². The molecule has 160 valence electrons. The van der Waals surface area contributed by atoms with Gasteiger partial charge in [-0.3, -0.25) is 9.59 Å². The molecule has 5 heteroatoms. The number of anilines is 2. The van der Waals surface area contributed by atoms with E-state index < -0.39 is 0 Å². The summed E-state index contributed by atoms with van der Waals surface area (Å²) in [4.78, 5) is 29.3. The first-order chi connectivity index (χ1) is 14.5. The highest BCUT2D eigenvalue weighted by atomic mass is 16.2. The number of nitrogens with one attached hydrogen (secondary N) is 1. The zero-order valence-electron chi connectivity index (χ0n) is 18.4. The van der Waals surface area contributed by atoms with Crippen molar-refractivity contribution in [3.63, 3.8) is 0 Å². The molecule has 0 radical (unpaired) electrons. The van der Waals surface area contributed by atoms with Crippen LogP contribution in [0.3, 0.4) is 0 Å². The average Bonchev–Trinajstić information content (AvgIpc) is 2.80.